The van der Waals surface area contributed by atoms with Gasteiger partial charge in [-0.2, -0.15) is 0 Å². The predicted molar refractivity (Wildman–Crippen MR) is 134 cm³/mol. The third kappa shape index (κ3) is 15.0. The van der Waals surface area contributed by atoms with E-state index >= 15 is 0 Å². The SMILES string of the molecule is C=Cc1ccccc1.CC(C)C.CC(C)C.O=C(c1ccccc1)c1ccccc1. The highest BCUT2D eigenvalue weighted by Crippen LogP contribution is 2.08. The first kappa shape index (κ1) is 27.1. The van der Waals surface area contributed by atoms with Gasteiger partial charge in [-0.15, -0.1) is 0 Å². The summed E-state index contributed by atoms with van der Waals surface area (Å²) in [6.45, 7) is 16.6. The number of carbonyl (C=O) groups excluding carboxylic acids is 1. The maximum Gasteiger partial charge on any atom is 0.193 e. The van der Waals surface area contributed by atoms with E-state index in [1.165, 1.54) is 5.56 Å². The molecule has 0 radical (unpaired) electrons. The zero-order valence-electron chi connectivity index (χ0n) is 19.5. The molecule has 0 unspecified atom stereocenters. The lowest BCUT2D eigenvalue weighted by molar-refractivity contribution is 0.103. The van der Waals surface area contributed by atoms with E-state index in [0.29, 0.717) is 0 Å². The van der Waals surface area contributed by atoms with Crippen LogP contribution in [0.25, 0.3) is 6.08 Å². The molecule has 0 aliphatic heterocycles. The first-order valence-corrected chi connectivity index (χ1v) is 10.6. The molecule has 0 atom stereocenters. The van der Waals surface area contributed by atoms with Crippen LogP contribution in [0.2, 0.25) is 0 Å². The lowest BCUT2D eigenvalue weighted by atomic mass is 10.0. The average Bonchev–Trinajstić information content (AvgIpc) is 2.75. The summed E-state index contributed by atoms with van der Waals surface area (Å²) in [5.41, 5.74) is 2.64. The van der Waals surface area contributed by atoms with Crippen LogP contribution >= 0.6 is 0 Å². The molecule has 1 nitrogen and oxygen atoms in total. The number of ketones is 1. The summed E-state index contributed by atoms with van der Waals surface area (Å²) in [6, 6.07) is 28.6. The van der Waals surface area contributed by atoms with E-state index in [1.54, 1.807) is 0 Å². The lowest BCUT2D eigenvalue weighted by Gasteiger charge is -1.99. The molecule has 160 valence electrons. The lowest BCUT2D eigenvalue weighted by Crippen LogP contribution is -1.99. The van der Waals surface area contributed by atoms with E-state index in [0.717, 1.165) is 23.0 Å². The van der Waals surface area contributed by atoms with E-state index < -0.39 is 0 Å². The summed E-state index contributed by atoms with van der Waals surface area (Å²) in [4.78, 5) is 11.8. The van der Waals surface area contributed by atoms with Crippen molar-refractivity contribution < 1.29 is 4.79 Å². The van der Waals surface area contributed by atoms with E-state index in [-0.39, 0.29) is 5.78 Å². The first-order chi connectivity index (χ1) is 14.3. The van der Waals surface area contributed by atoms with Gasteiger partial charge in [0.15, 0.2) is 5.78 Å². The number of hydrogen-bond donors (Lipinski definition) is 0. The third-order valence-electron chi connectivity index (χ3n) is 3.11. The number of rotatable bonds is 3. The molecule has 0 spiro atoms. The molecule has 0 heterocycles. The van der Waals surface area contributed by atoms with Crippen LogP contribution in [0.4, 0.5) is 0 Å². The molecular weight excluding hydrogens is 364 g/mol. The Morgan fingerprint density at radius 1 is 0.600 bits per heavy atom. The Labute approximate surface area is 184 Å². The minimum atomic E-state index is 0.0752. The molecule has 0 N–H and O–H groups in total. The van der Waals surface area contributed by atoms with Crippen molar-refractivity contribution in [3.63, 3.8) is 0 Å². The van der Waals surface area contributed by atoms with Gasteiger partial charge in [0.05, 0.1) is 0 Å². The molecule has 3 aromatic carbocycles. The van der Waals surface area contributed by atoms with Gasteiger partial charge in [-0.25, -0.2) is 0 Å². The summed E-state index contributed by atoms with van der Waals surface area (Å²) in [5.74, 6) is 1.74. The number of benzene rings is 3. The van der Waals surface area contributed by atoms with Gasteiger partial charge in [-0.05, 0) is 17.4 Å². The van der Waals surface area contributed by atoms with Crippen molar-refractivity contribution in [1.82, 2.24) is 0 Å². The zero-order chi connectivity index (χ0) is 22.8. The van der Waals surface area contributed by atoms with Gasteiger partial charge in [0.25, 0.3) is 0 Å². The normalized spacial score (nSPS) is 9.20. The van der Waals surface area contributed by atoms with E-state index in [1.807, 2.05) is 97.1 Å². The topological polar surface area (TPSA) is 17.1 Å². The zero-order valence-corrected chi connectivity index (χ0v) is 19.5. The fraction of sp³-hybridized carbons (Fsp3) is 0.276. The van der Waals surface area contributed by atoms with Crippen LogP contribution in [-0.2, 0) is 0 Å². The largest absolute Gasteiger partial charge is 0.289 e. The van der Waals surface area contributed by atoms with Crippen LogP contribution in [0.3, 0.4) is 0 Å². The van der Waals surface area contributed by atoms with Crippen molar-refractivity contribution in [2.45, 2.75) is 41.5 Å². The summed E-state index contributed by atoms with van der Waals surface area (Å²) in [7, 11) is 0. The van der Waals surface area contributed by atoms with Gasteiger partial charge in [0.1, 0.15) is 0 Å². The van der Waals surface area contributed by atoms with Crippen molar-refractivity contribution in [3.8, 4) is 0 Å². The highest BCUT2D eigenvalue weighted by Gasteiger charge is 2.06. The van der Waals surface area contributed by atoms with Crippen molar-refractivity contribution in [2.24, 2.45) is 11.8 Å². The first-order valence-electron chi connectivity index (χ1n) is 10.6. The van der Waals surface area contributed by atoms with Crippen molar-refractivity contribution in [2.75, 3.05) is 0 Å². The van der Waals surface area contributed by atoms with Crippen LogP contribution in [-0.4, -0.2) is 5.78 Å². The second-order valence-corrected chi connectivity index (χ2v) is 8.14. The highest BCUT2D eigenvalue weighted by molar-refractivity contribution is 6.08. The molecule has 30 heavy (non-hydrogen) atoms. The van der Waals surface area contributed by atoms with Gasteiger partial charge in [0, 0.05) is 11.1 Å². The summed E-state index contributed by atoms with van der Waals surface area (Å²) in [6.07, 6.45) is 1.83. The molecule has 3 rings (SSSR count). The smallest absolute Gasteiger partial charge is 0.193 e. The van der Waals surface area contributed by atoms with Crippen LogP contribution in [0.15, 0.2) is 97.6 Å². The minimum absolute atomic E-state index is 0.0752. The van der Waals surface area contributed by atoms with Gasteiger partial charge >= 0.3 is 0 Å². The molecule has 3 aromatic rings. The predicted octanol–water partition coefficient (Wildman–Crippen LogP) is 8.57. The number of carbonyl (C=O) groups is 1. The Morgan fingerprint density at radius 3 is 1.10 bits per heavy atom. The average molecular weight is 403 g/mol. The van der Waals surface area contributed by atoms with Crippen LogP contribution in [0.5, 0.6) is 0 Å². The van der Waals surface area contributed by atoms with Crippen molar-refractivity contribution >= 4 is 11.9 Å². The molecule has 0 fully saturated rings. The fourth-order valence-electron chi connectivity index (χ4n) is 1.93. The second kappa shape index (κ2) is 17.0. The summed E-state index contributed by atoms with van der Waals surface area (Å²) in [5, 5.41) is 0. The molecule has 0 saturated carbocycles. The molecule has 0 aromatic heterocycles. The van der Waals surface area contributed by atoms with Crippen LogP contribution in [0, 0.1) is 11.8 Å². The van der Waals surface area contributed by atoms with Crippen molar-refractivity contribution in [3.05, 3.63) is 114 Å². The quantitative estimate of drug-likeness (QED) is 0.401. The summed E-state index contributed by atoms with van der Waals surface area (Å²) < 4.78 is 0. The van der Waals surface area contributed by atoms with Gasteiger partial charge in [0.2, 0.25) is 0 Å². The Morgan fingerprint density at radius 2 is 0.867 bits per heavy atom. The Kier molecular flexibility index (Phi) is 15.3. The molecular formula is C29H38O. The third-order valence-corrected chi connectivity index (χ3v) is 3.11. The second-order valence-electron chi connectivity index (χ2n) is 8.14. The van der Waals surface area contributed by atoms with Crippen LogP contribution in [0.1, 0.15) is 63.0 Å². The van der Waals surface area contributed by atoms with Crippen LogP contribution < -0.4 is 0 Å². The molecule has 0 amide bonds. The van der Waals surface area contributed by atoms with Gasteiger partial charge in [-0.1, -0.05) is 145 Å². The maximum atomic E-state index is 11.8. The van der Waals surface area contributed by atoms with E-state index in [9.17, 15) is 4.79 Å². The summed E-state index contributed by atoms with van der Waals surface area (Å²) >= 11 is 0. The van der Waals surface area contributed by atoms with E-state index in [4.69, 9.17) is 0 Å². The molecule has 0 aliphatic carbocycles. The van der Waals surface area contributed by atoms with Crippen molar-refractivity contribution in [1.29, 1.82) is 0 Å². The van der Waals surface area contributed by atoms with E-state index in [2.05, 4.69) is 48.1 Å². The Bertz CT molecular complexity index is 735. The Balaban J connectivity index is 0.000000444. The maximum absolute atomic E-state index is 11.8. The monoisotopic (exact) mass is 402 g/mol. The molecule has 1 heteroatoms. The molecule has 0 bridgehead atoms. The standard InChI is InChI=1S/C13H10O.C8H8.2C4H10/c14-13(11-7-3-1-4-8-11)12-9-5-2-6-10-12;1-2-8-6-4-3-5-7-8;2*1-4(2)3/h1-10H;2-7H,1H2;2*4H,1-3H3. The van der Waals surface area contributed by atoms with Gasteiger partial charge < -0.3 is 0 Å². The minimum Gasteiger partial charge on any atom is -0.289 e. The fourth-order valence-corrected chi connectivity index (χ4v) is 1.93. The molecule has 0 aliphatic rings. The van der Waals surface area contributed by atoms with Gasteiger partial charge in [-0.3, -0.25) is 4.79 Å². The molecule has 0 saturated heterocycles. The highest BCUT2D eigenvalue weighted by atomic mass is 16.1. The number of hydrogen-bond acceptors (Lipinski definition) is 1. The Hall–Kier alpha value is -2.93.